The van der Waals surface area contributed by atoms with Gasteiger partial charge < -0.3 is 5.32 Å². The summed E-state index contributed by atoms with van der Waals surface area (Å²) < 4.78 is 36.9. The van der Waals surface area contributed by atoms with E-state index in [-0.39, 0.29) is 0 Å². The van der Waals surface area contributed by atoms with Crippen molar-refractivity contribution in [3.8, 4) is 11.8 Å². The number of nitrogens with zero attached hydrogens (tertiary/aromatic N) is 1. The number of pyridine rings is 1. The number of alkyl halides is 3. The van der Waals surface area contributed by atoms with Gasteiger partial charge in [-0.15, -0.1) is 0 Å². The van der Waals surface area contributed by atoms with Crippen LogP contribution in [0.25, 0.3) is 0 Å². The van der Waals surface area contributed by atoms with E-state index in [2.05, 4.69) is 22.1 Å². The second-order valence-electron chi connectivity index (χ2n) is 3.08. The Morgan fingerprint density at radius 1 is 1.44 bits per heavy atom. The lowest BCUT2D eigenvalue weighted by atomic mass is 10.2. The zero-order valence-corrected chi connectivity index (χ0v) is 8.73. The average molecular weight is 228 g/mol. The van der Waals surface area contributed by atoms with E-state index >= 15 is 0 Å². The van der Waals surface area contributed by atoms with Crippen molar-refractivity contribution in [1.82, 2.24) is 10.3 Å². The maximum Gasteiger partial charge on any atom is 0.433 e. The number of aromatic nitrogens is 1. The van der Waals surface area contributed by atoms with E-state index in [1.54, 1.807) is 7.05 Å². The predicted octanol–water partition coefficient (Wildman–Crippen LogP) is 2.06. The largest absolute Gasteiger partial charge is 0.433 e. The minimum atomic E-state index is -4.41. The van der Waals surface area contributed by atoms with E-state index in [4.69, 9.17) is 0 Å². The maximum atomic E-state index is 12.3. The fraction of sp³-hybridized carbons (Fsp3) is 0.364. The third-order valence-corrected chi connectivity index (χ3v) is 1.78. The highest BCUT2D eigenvalue weighted by atomic mass is 19.4. The van der Waals surface area contributed by atoms with Crippen LogP contribution in [0.1, 0.15) is 17.7 Å². The smallest absolute Gasteiger partial charge is 0.319 e. The molecule has 0 aromatic carbocycles. The van der Waals surface area contributed by atoms with Crippen molar-refractivity contribution in [2.45, 2.75) is 12.6 Å². The Kier molecular flexibility index (Phi) is 4.32. The Balaban J connectivity index is 2.78. The Labute approximate surface area is 91.9 Å². The van der Waals surface area contributed by atoms with Crippen LogP contribution in [-0.4, -0.2) is 18.6 Å². The Bertz CT molecular complexity index is 402. The van der Waals surface area contributed by atoms with Crippen LogP contribution >= 0.6 is 0 Å². The molecule has 0 unspecified atom stereocenters. The van der Waals surface area contributed by atoms with Crippen LogP contribution in [0.3, 0.4) is 0 Å². The second kappa shape index (κ2) is 5.52. The zero-order chi connectivity index (χ0) is 12.0. The van der Waals surface area contributed by atoms with E-state index < -0.39 is 11.9 Å². The fourth-order valence-corrected chi connectivity index (χ4v) is 1.02. The molecule has 1 rings (SSSR count). The normalized spacial score (nSPS) is 10.8. The maximum absolute atomic E-state index is 12.3. The molecule has 0 spiro atoms. The van der Waals surface area contributed by atoms with Crippen LogP contribution in [0.2, 0.25) is 0 Å². The first-order valence-electron chi connectivity index (χ1n) is 4.71. The lowest BCUT2D eigenvalue weighted by Crippen LogP contribution is -2.07. The highest BCUT2D eigenvalue weighted by molar-refractivity contribution is 5.34. The zero-order valence-electron chi connectivity index (χ0n) is 8.73. The molecular formula is C11H11F3N2. The van der Waals surface area contributed by atoms with Gasteiger partial charge in [-0.1, -0.05) is 11.8 Å². The van der Waals surface area contributed by atoms with Crippen LogP contribution in [0, 0.1) is 11.8 Å². The summed E-state index contributed by atoms with van der Waals surface area (Å²) in [6.07, 6.45) is -2.70. The van der Waals surface area contributed by atoms with Crippen molar-refractivity contribution in [3.63, 3.8) is 0 Å². The van der Waals surface area contributed by atoms with Gasteiger partial charge in [0.05, 0.1) is 0 Å². The van der Waals surface area contributed by atoms with Gasteiger partial charge >= 0.3 is 6.18 Å². The fourth-order valence-electron chi connectivity index (χ4n) is 1.02. The Morgan fingerprint density at radius 2 is 2.19 bits per heavy atom. The molecule has 0 aliphatic carbocycles. The standard InChI is InChI=1S/C11H11F3N2/c1-15-6-3-2-4-9-5-7-16-10(8-9)11(12,13)14/h5,7-8,15H,3,6H2,1H3. The molecule has 0 saturated heterocycles. The molecule has 16 heavy (non-hydrogen) atoms. The summed E-state index contributed by atoms with van der Waals surface area (Å²) in [5, 5.41) is 2.89. The van der Waals surface area contributed by atoms with Crippen LogP contribution in [0.4, 0.5) is 13.2 Å². The van der Waals surface area contributed by atoms with Gasteiger partial charge in [0.1, 0.15) is 5.69 Å². The van der Waals surface area contributed by atoms with Gasteiger partial charge in [0.25, 0.3) is 0 Å². The molecule has 1 heterocycles. The van der Waals surface area contributed by atoms with Crippen molar-refractivity contribution in [3.05, 3.63) is 29.6 Å². The molecule has 0 aliphatic heterocycles. The van der Waals surface area contributed by atoms with E-state index in [1.807, 2.05) is 0 Å². The van der Waals surface area contributed by atoms with Gasteiger partial charge in [0.15, 0.2) is 0 Å². The highest BCUT2D eigenvalue weighted by Crippen LogP contribution is 2.27. The molecule has 0 radical (unpaired) electrons. The summed E-state index contributed by atoms with van der Waals surface area (Å²) in [7, 11) is 1.79. The molecule has 0 aliphatic rings. The summed E-state index contributed by atoms with van der Waals surface area (Å²) >= 11 is 0. The van der Waals surface area contributed by atoms with Gasteiger partial charge in [-0.2, -0.15) is 13.2 Å². The first-order chi connectivity index (χ1) is 7.54. The molecule has 1 aromatic rings. The number of hydrogen-bond acceptors (Lipinski definition) is 2. The third-order valence-electron chi connectivity index (χ3n) is 1.78. The minimum Gasteiger partial charge on any atom is -0.319 e. The SMILES string of the molecule is CNCCC#Cc1ccnc(C(F)(F)F)c1. The minimum absolute atomic E-state index is 0.332. The first-order valence-corrected chi connectivity index (χ1v) is 4.71. The van der Waals surface area contributed by atoms with Crippen LogP contribution in [0.5, 0.6) is 0 Å². The van der Waals surface area contributed by atoms with Gasteiger partial charge in [-0.05, 0) is 19.2 Å². The summed E-state index contributed by atoms with van der Waals surface area (Å²) in [6.45, 7) is 0.713. The topological polar surface area (TPSA) is 24.9 Å². The third kappa shape index (κ3) is 3.91. The van der Waals surface area contributed by atoms with Crippen LogP contribution < -0.4 is 5.32 Å². The number of nitrogens with one attached hydrogen (secondary N) is 1. The van der Waals surface area contributed by atoms with Crippen LogP contribution in [0.15, 0.2) is 18.3 Å². The molecule has 1 aromatic heterocycles. The van der Waals surface area contributed by atoms with Gasteiger partial charge in [0, 0.05) is 24.7 Å². The number of rotatable bonds is 2. The molecule has 86 valence electrons. The summed E-state index contributed by atoms with van der Waals surface area (Å²) in [6, 6.07) is 2.41. The highest BCUT2D eigenvalue weighted by Gasteiger charge is 2.32. The van der Waals surface area contributed by atoms with Crippen molar-refractivity contribution in [2.75, 3.05) is 13.6 Å². The Hall–Kier alpha value is -1.54. The van der Waals surface area contributed by atoms with Crippen molar-refractivity contribution >= 4 is 0 Å². The molecule has 2 nitrogen and oxygen atoms in total. The lowest BCUT2D eigenvalue weighted by Gasteiger charge is -2.04. The molecule has 0 amide bonds. The van der Waals surface area contributed by atoms with Crippen molar-refractivity contribution < 1.29 is 13.2 Å². The van der Waals surface area contributed by atoms with Crippen LogP contribution in [-0.2, 0) is 6.18 Å². The first kappa shape index (κ1) is 12.5. The lowest BCUT2D eigenvalue weighted by molar-refractivity contribution is -0.141. The molecule has 0 atom stereocenters. The summed E-state index contributed by atoms with van der Waals surface area (Å²) in [5.74, 6) is 5.44. The van der Waals surface area contributed by atoms with E-state index in [9.17, 15) is 13.2 Å². The molecule has 5 heteroatoms. The van der Waals surface area contributed by atoms with Crippen molar-refractivity contribution in [1.29, 1.82) is 0 Å². The van der Waals surface area contributed by atoms with E-state index in [1.165, 1.54) is 6.07 Å². The molecule has 0 fully saturated rings. The number of halogens is 3. The molecule has 0 saturated carbocycles. The molecule has 1 N–H and O–H groups in total. The quantitative estimate of drug-likeness (QED) is 0.619. The van der Waals surface area contributed by atoms with E-state index in [0.29, 0.717) is 18.5 Å². The van der Waals surface area contributed by atoms with Gasteiger partial charge in [0.2, 0.25) is 0 Å². The monoisotopic (exact) mass is 228 g/mol. The summed E-state index contributed by atoms with van der Waals surface area (Å²) in [4.78, 5) is 3.25. The average Bonchev–Trinajstić information content (AvgIpc) is 2.24. The van der Waals surface area contributed by atoms with Crippen molar-refractivity contribution in [2.24, 2.45) is 0 Å². The van der Waals surface area contributed by atoms with Gasteiger partial charge in [-0.3, -0.25) is 4.98 Å². The number of hydrogen-bond donors (Lipinski definition) is 1. The predicted molar refractivity (Wildman–Crippen MR) is 54.7 cm³/mol. The van der Waals surface area contributed by atoms with E-state index in [0.717, 1.165) is 12.3 Å². The molecular weight excluding hydrogens is 217 g/mol. The second-order valence-corrected chi connectivity index (χ2v) is 3.08. The molecule has 0 bridgehead atoms. The van der Waals surface area contributed by atoms with Gasteiger partial charge in [-0.25, -0.2) is 0 Å². The Morgan fingerprint density at radius 3 is 2.81 bits per heavy atom. The summed E-state index contributed by atoms with van der Waals surface area (Å²) in [5.41, 5.74) is -0.577.